The van der Waals surface area contributed by atoms with Crippen LogP contribution in [0.5, 0.6) is 5.75 Å². The number of rotatable bonds is 12. The fourth-order valence-electron chi connectivity index (χ4n) is 4.41. The first-order chi connectivity index (χ1) is 21.6. The Kier molecular flexibility index (Phi) is 10.6. The molecule has 0 saturated heterocycles. The molecule has 244 valence electrons. The Labute approximate surface area is 266 Å². The van der Waals surface area contributed by atoms with Crippen molar-refractivity contribution >= 4 is 37.2 Å². The van der Waals surface area contributed by atoms with Gasteiger partial charge in [-0.2, -0.15) is 18.2 Å². The van der Waals surface area contributed by atoms with Gasteiger partial charge in [0.15, 0.2) is 0 Å². The van der Waals surface area contributed by atoms with Gasteiger partial charge in [-0.05, 0) is 48.0 Å². The summed E-state index contributed by atoms with van der Waals surface area (Å²) in [6.45, 7) is 5.03. The lowest BCUT2D eigenvalue weighted by molar-refractivity contribution is -0.122. The van der Waals surface area contributed by atoms with Crippen LogP contribution in [0.25, 0.3) is 27.7 Å². The van der Waals surface area contributed by atoms with Crippen LogP contribution in [0.4, 0.5) is 19.1 Å². The second-order valence-electron chi connectivity index (χ2n) is 12.1. The molecular weight excluding hydrogens is 617 g/mol. The number of benzene rings is 2. The first kappa shape index (κ1) is 34.3. The first-order valence-electron chi connectivity index (χ1n) is 14.5. The number of aliphatic imine (C=N–C) groups is 1. The van der Waals surface area contributed by atoms with Gasteiger partial charge in [-0.1, -0.05) is 31.8 Å². The maximum absolute atomic E-state index is 14.1. The molecule has 0 aliphatic rings. The Bertz CT molecular complexity index is 1750. The number of pyridine rings is 1. The summed E-state index contributed by atoms with van der Waals surface area (Å²) in [5, 5.41) is 0.413. The molecule has 0 aliphatic heterocycles. The van der Waals surface area contributed by atoms with E-state index in [2.05, 4.69) is 34.6 Å². The van der Waals surface area contributed by atoms with Gasteiger partial charge in [0.05, 0.1) is 24.5 Å². The zero-order chi connectivity index (χ0) is 33.6. The van der Waals surface area contributed by atoms with Gasteiger partial charge in [-0.3, -0.25) is 14.2 Å². The predicted molar refractivity (Wildman–Crippen MR) is 176 cm³/mol. The van der Waals surface area contributed by atoms with E-state index >= 15 is 0 Å². The topological polar surface area (TPSA) is 102 Å². The van der Waals surface area contributed by atoms with Crippen molar-refractivity contribution in [3.05, 3.63) is 76.8 Å². The van der Waals surface area contributed by atoms with Crippen LogP contribution in [0.2, 0.25) is 25.7 Å². The van der Waals surface area contributed by atoms with Gasteiger partial charge in [0.1, 0.15) is 19.0 Å². The Morgan fingerprint density at radius 2 is 1.74 bits per heavy atom. The quantitative estimate of drug-likeness (QED) is 0.0615. The second-order valence-corrected chi connectivity index (χ2v) is 17.7. The van der Waals surface area contributed by atoms with Gasteiger partial charge in [0, 0.05) is 57.8 Å². The highest BCUT2D eigenvalue weighted by molar-refractivity contribution is 6.76. The highest BCUT2D eigenvalue weighted by atomic mass is 28.3. The van der Waals surface area contributed by atoms with E-state index in [1.54, 1.807) is 61.6 Å². The normalized spacial score (nSPS) is 12.1. The zero-order valence-corrected chi connectivity index (χ0v) is 27.6. The summed E-state index contributed by atoms with van der Waals surface area (Å²) in [6, 6.07) is 13.8. The summed E-state index contributed by atoms with van der Waals surface area (Å²) in [5.41, 5.74) is 1.03. The molecule has 2 aromatic carbocycles. The van der Waals surface area contributed by atoms with Crippen LogP contribution in [-0.2, 0) is 4.74 Å². The van der Waals surface area contributed by atoms with E-state index in [-0.39, 0.29) is 23.8 Å². The van der Waals surface area contributed by atoms with Gasteiger partial charge in [0.2, 0.25) is 5.95 Å². The summed E-state index contributed by atoms with van der Waals surface area (Å²) >= 11 is 0. The minimum absolute atomic E-state index is 0.124. The van der Waals surface area contributed by atoms with E-state index in [9.17, 15) is 22.8 Å². The lowest BCUT2D eigenvalue weighted by Gasteiger charge is -2.25. The van der Waals surface area contributed by atoms with Crippen LogP contribution >= 0.6 is 0 Å². The maximum atomic E-state index is 14.1. The molecular formula is C32H37F3N6O4Si. The molecule has 0 aliphatic carbocycles. The molecule has 4 aromatic rings. The van der Waals surface area contributed by atoms with Crippen molar-refractivity contribution < 1.29 is 27.4 Å². The monoisotopic (exact) mass is 654 g/mol. The molecule has 0 fully saturated rings. The van der Waals surface area contributed by atoms with Gasteiger partial charge in [-0.15, -0.1) is 0 Å². The van der Waals surface area contributed by atoms with Gasteiger partial charge in [-0.25, -0.2) is 9.97 Å². The Morgan fingerprint density at radius 1 is 1.07 bits per heavy atom. The minimum Gasteiger partial charge on any atom is -0.497 e. The number of carbonyl (C=O) groups is 1. The van der Waals surface area contributed by atoms with Crippen LogP contribution in [0.1, 0.15) is 10.4 Å². The molecule has 10 nitrogen and oxygen atoms in total. The third-order valence-corrected chi connectivity index (χ3v) is 8.52. The van der Waals surface area contributed by atoms with Crippen LogP contribution in [0, 0.1) is 0 Å². The maximum Gasteiger partial charge on any atom is 0.406 e. The largest absolute Gasteiger partial charge is 0.497 e. The number of halogens is 3. The average molecular weight is 655 g/mol. The number of fused-ring (bicyclic) bond motifs is 1. The Morgan fingerprint density at radius 3 is 2.33 bits per heavy atom. The van der Waals surface area contributed by atoms with Crippen molar-refractivity contribution in [3.63, 3.8) is 0 Å². The molecule has 0 bridgehead atoms. The lowest BCUT2D eigenvalue weighted by atomic mass is 10.0. The number of nitrogens with zero attached hydrogens (tertiary/aromatic N) is 6. The smallest absolute Gasteiger partial charge is 0.406 e. The predicted octanol–water partition coefficient (Wildman–Crippen LogP) is 5.87. The van der Waals surface area contributed by atoms with Gasteiger partial charge >= 0.3 is 6.18 Å². The summed E-state index contributed by atoms with van der Waals surface area (Å²) < 4.78 is 53.3. The highest BCUT2D eigenvalue weighted by Gasteiger charge is 2.32. The molecule has 0 N–H and O–H groups in total. The number of methoxy groups -OCH3 is 1. The number of aromatic nitrogens is 3. The number of hydrogen-bond acceptors (Lipinski definition) is 7. The molecule has 0 unspecified atom stereocenters. The molecule has 2 heterocycles. The molecule has 0 atom stereocenters. The number of anilines is 1. The second kappa shape index (κ2) is 14.2. The number of ether oxygens (including phenoxy) is 2. The lowest BCUT2D eigenvalue weighted by Crippen LogP contribution is -2.37. The van der Waals surface area contributed by atoms with Gasteiger partial charge in [0.25, 0.3) is 11.5 Å². The first-order valence-corrected chi connectivity index (χ1v) is 18.2. The van der Waals surface area contributed by atoms with E-state index in [1.807, 2.05) is 0 Å². The standard InChI is InChI=1S/C32H37F3N6O4Si/c1-39(2)20-37-29(42)23-9-7-22(8-10-23)27-28-24(18-41(30(27)43)25-11-13-26(44-3)14-12-25)17-36-31(38-28)40(19-32(33,34)35)21-45-15-16-46(4,5)6/h7-14,17-18,20H,15-16,19,21H2,1-6H3. The van der Waals surface area contributed by atoms with E-state index in [1.165, 1.54) is 36.3 Å². The Hall–Kier alpha value is -4.56. The van der Waals surface area contributed by atoms with E-state index in [0.717, 1.165) is 10.9 Å². The van der Waals surface area contributed by atoms with E-state index in [0.29, 0.717) is 34.6 Å². The van der Waals surface area contributed by atoms with Crippen LogP contribution in [0.3, 0.4) is 0 Å². The van der Waals surface area contributed by atoms with E-state index in [4.69, 9.17) is 9.47 Å². The van der Waals surface area contributed by atoms with Crippen LogP contribution in [-0.4, -0.2) is 87.0 Å². The fraction of sp³-hybridized carbons (Fsp3) is 0.344. The Balaban J connectivity index is 1.85. The SMILES string of the molecule is COc1ccc(-n2cc3cnc(N(COCC[Si](C)(C)C)CC(F)(F)F)nc3c(-c3ccc(C(=O)N=CN(C)C)cc3)c2=O)cc1. The van der Waals surface area contributed by atoms with Crippen LogP contribution < -0.4 is 15.2 Å². The zero-order valence-electron chi connectivity index (χ0n) is 26.6. The molecule has 14 heteroatoms. The van der Waals surface area contributed by atoms with Crippen molar-refractivity contribution in [3.8, 4) is 22.6 Å². The average Bonchev–Trinajstić information content (AvgIpc) is 3.00. The molecule has 0 radical (unpaired) electrons. The molecule has 1 amide bonds. The third-order valence-electron chi connectivity index (χ3n) is 6.82. The summed E-state index contributed by atoms with van der Waals surface area (Å²) in [7, 11) is 3.53. The van der Waals surface area contributed by atoms with Crippen molar-refractivity contribution in [1.82, 2.24) is 19.4 Å². The minimum atomic E-state index is -4.56. The number of amides is 1. The molecule has 2 aromatic heterocycles. The van der Waals surface area contributed by atoms with Crippen molar-refractivity contribution in [2.45, 2.75) is 31.9 Å². The fourth-order valence-corrected chi connectivity index (χ4v) is 5.17. The summed E-state index contributed by atoms with van der Waals surface area (Å²) in [5.74, 6) is -0.111. The molecule has 4 rings (SSSR count). The third kappa shape index (κ3) is 9.01. The highest BCUT2D eigenvalue weighted by Crippen LogP contribution is 2.28. The number of hydrogen-bond donors (Lipinski definition) is 0. The van der Waals surface area contributed by atoms with Crippen molar-refractivity contribution in [2.75, 3.05) is 46.0 Å². The van der Waals surface area contributed by atoms with E-state index < -0.39 is 32.3 Å². The number of alkyl halides is 3. The molecule has 0 saturated carbocycles. The van der Waals surface area contributed by atoms with Crippen LogP contribution in [0.15, 0.2) is 70.7 Å². The van der Waals surface area contributed by atoms with Crippen molar-refractivity contribution in [2.24, 2.45) is 4.99 Å². The van der Waals surface area contributed by atoms with Gasteiger partial charge < -0.3 is 19.3 Å². The molecule has 46 heavy (non-hydrogen) atoms. The molecule has 0 spiro atoms. The number of carbonyl (C=O) groups excluding carboxylic acids is 1. The van der Waals surface area contributed by atoms with Crippen molar-refractivity contribution in [1.29, 1.82) is 0 Å². The summed E-state index contributed by atoms with van der Waals surface area (Å²) in [6.07, 6.45) is -0.244. The summed E-state index contributed by atoms with van der Waals surface area (Å²) in [4.78, 5) is 41.8.